The number of benzene rings is 1. The summed E-state index contributed by atoms with van der Waals surface area (Å²) in [7, 11) is 0. The molecular weight excluding hydrogens is 330 g/mol. The molecule has 0 bridgehead atoms. The number of fused-ring (bicyclic) bond motifs is 1. The number of hydrogen-bond acceptors (Lipinski definition) is 5. The highest BCUT2D eigenvalue weighted by Crippen LogP contribution is 2.32. The largest absolute Gasteiger partial charge is 0.454 e. The third-order valence-corrected chi connectivity index (χ3v) is 4.19. The van der Waals surface area contributed by atoms with Crippen molar-refractivity contribution in [3.8, 4) is 11.5 Å². The summed E-state index contributed by atoms with van der Waals surface area (Å²) in [6.45, 7) is 6.58. The molecule has 1 aromatic carbocycles. The highest BCUT2D eigenvalue weighted by atomic mass is 16.7. The second-order valence-electron chi connectivity index (χ2n) is 6.30. The second-order valence-corrected chi connectivity index (χ2v) is 6.30. The van der Waals surface area contributed by atoms with Crippen LogP contribution in [0.4, 0.5) is 5.69 Å². The Balaban J connectivity index is 1.66. The highest BCUT2D eigenvalue weighted by Gasteiger charge is 2.15. The number of pyridine rings is 1. The fraction of sp³-hybridized carbons (Fsp3) is 0.400. The molecule has 26 heavy (non-hydrogen) atoms. The maximum atomic E-state index is 12.7. The van der Waals surface area contributed by atoms with Crippen LogP contribution in [0.2, 0.25) is 0 Å². The lowest BCUT2D eigenvalue weighted by Crippen LogP contribution is -2.32. The van der Waals surface area contributed by atoms with Crippen LogP contribution in [0.15, 0.2) is 36.7 Å². The summed E-state index contributed by atoms with van der Waals surface area (Å²) >= 11 is 0. The van der Waals surface area contributed by atoms with E-state index in [9.17, 15) is 4.79 Å². The Morgan fingerprint density at radius 3 is 2.65 bits per heavy atom. The summed E-state index contributed by atoms with van der Waals surface area (Å²) in [4.78, 5) is 18.8. The van der Waals surface area contributed by atoms with Gasteiger partial charge in [-0.05, 0) is 36.6 Å². The fourth-order valence-electron chi connectivity index (χ4n) is 2.95. The first kappa shape index (κ1) is 18.0. The van der Waals surface area contributed by atoms with Crippen molar-refractivity contribution in [3.63, 3.8) is 0 Å². The molecule has 6 nitrogen and oxygen atoms in total. The molecule has 0 radical (unpaired) electrons. The Kier molecular flexibility index (Phi) is 5.94. The van der Waals surface area contributed by atoms with E-state index >= 15 is 0 Å². The van der Waals surface area contributed by atoms with Crippen LogP contribution in [-0.4, -0.2) is 35.7 Å². The van der Waals surface area contributed by atoms with E-state index in [1.807, 2.05) is 29.2 Å². The van der Waals surface area contributed by atoms with Gasteiger partial charge in [0, 0.05) is 32.0 Å². The van der Waals surface area contributed by atoms with Crippen molar-refractivity contribution >= 4 is 11.6 Å². The number of nitrogens with zero attached hydrogens (tertiary/aromatic N) is 2. The van der Waals surface area contributed by atoms with Crippen LogP contribution in [0.25, 0.3) is 0 Å². The molecule has 1 N–H and O–H groups in total. The molecule has 1 aromatic heterocycles. The molecule has 1 aliphatic rings. The summed E-state index contributed by atoms with van der Waals surface area (Å²) in [6, 6.07) is 7.72. The van der Waals surface area contributed by atoms with Crippen molar-refractivity contribution in [2.75, 3.05) is 25.2 Å². The predicted octanol–water partition coefficient (Wildman–Crippen LogP) is 3.68. The summed E-state index contributed by atoms with van der Waals surface area (Å²) < 4.78 is 10.7. The predicted molar refractivity (Wildman–Crippen MR) is 101 cm³/mol. The number of carbonyl (C=O) groups excluding carboxylic acids is 1. The molecule has 2 heterocycles. The number of anilines is 1. The Morgan fingerprint density at radius 1 is 1.12 bits per heavy atom. The van der Waals surface area contributed by atoms with Crippen LogP contribution in [0.1, 0.15) is 42.6 Å². The molecule has 0 aliphatic carbocycles. The topological polar surface area (TPSA) is 63.7 Å². The van der Waals surface area contributed by atoms with Gasteiger partial charge in [-0.3, -0.25) is 9.78 Å². The van der Waals surface area contributed by atoms with E-state index in [4.69, 9.17) is 9.47 Å². The average Bonchev–Trinajstić information content (AvgIpc) is 3.13. The Labute approximate surface area is 154 Å². The zero-order valence-corrected chi connectivity index (χ0v) is 15.3. The molecule has 0 saturated heterocycles. The summed E-state index contributed by atoms with van der Waals surface area (Å²) in [5, 5.41) is 3.32. The van der Waals surface area contributed by atoms with E-state index < -0.39 is 0 Å². The standard InChI is InChI=1S/C20H25N3O3/c1-3-7-23(8-4-2)20(24)16-10-17(13-21-12-16)22-11-15-5-6-18-19(9-15)26-14-25-18/h5-6,9-10,12-13,22H,3-4,7-8,11,14H2,1-2H3. The third-order valence-electron chi connectivity index (χ3n) is 4.19. The summed E-state index contributed by atoms with van der Waals surface area (Å²) in [5.41, 5.74) is 2.51. The fourth-order valence-corrected chi connectivity index (χ4v) is 2.95. The van der Waals surface area contributed by atoms with Gasteiger partial charge in [-0.2, -0.15) is 0 Å². The van der Waals surface area contributed by atoms with Crippen molar-refractivity contribution in [3.05, 3.63) is 47.8 Å². The molecule has 1 amide bonds. The van der Waals surface area contributed by atoms with Crippen molar-refractivity contribution in [2.45, 2.75) is 33.2 Å². The van der Waals surface area contributed by atoms with Crippen LogP contribution in [0, 0.1) is 0 Å². The smallest absolute Gasteiger partial charge is 0.255 e. The van der Waals surface area contributed by atoms with E-state index in [0.29, 0.717) is 12.1 Å². The number of aromatic nitrogens is 1. The van der Waals surface area contributed by atoms with Gasteiger partial charge in [-0.15, -0.1) is 0 Å². The lowest BCUT2D eigenvalue weighted by atomic mass is 10.2. The van der Waals surface area contributed by atoms with E-state index in [2.05, 4.69) is 24.1 Å². The van der Waals surface area contributed by atoms with Gasteiger partial charge in [-0.25, -0.2) is 0 Å². The molecule has 0 unspecified atom stereocenters. The van der Waals surface area contributed by atoms with E-state index in [0.717, 1.165) is 48.7 Å². The average molecular weight is 355 g/mol. The van der Waals surface area contributed by atoms with Crippen molar-refractivity contribution in [2.24, 2.45) is 0 Å². The van der Waals surface area contributed by atoms with Gasteiger partial charge in [0.25, 0.3) is 5.91 Å². The molecule has 1 aliphatic heterocycles. The molecule has 6 heteroatoms. The van der Waals surface area contributed by atoms with Crippen LogP contribution in [0.5, 0.6) is 11.5 Å². The zero-order chi connectivity index (χ0) is 18.4. The van der Waals surface area contributed by atoms with Gasteiger partial charge in [0.15, 0.2) is 11.5 Å². The summed E-state index contributed by atoms with van der Waals surface area (Å²) in [5.74, 6) is 1.57. The van der Waals surface area contributed by atoms with Crippen LogP contribution >= 0.6 is 0 Å². The van der Waals surface area contributed by atoms with Gasteiger partial charge >= 0.3 is 0 Å². The quantitative estimate of drug-likeness (QED) is 0.782. The van der Waals surface area contributed by atoms with Gasteiger partial charge in [0.2, 0.25) is 6.79 Å². The number of rotatable bonds is 8. The minimum Gasteiger partial charge on any atom is -0.454 e. The lowest BCUT2D eigenvalue weighted by Gasteiger charge is -2.21. The highest BCUT2D eigenvalue weighted by molar-refractivity contribution is 5.94. The first-order valence-electron chi connectivity index (χ1n) is 9.08. The Morgan fingerprint density at radius 2 is 1.88 bits per heavy atom. The second kappa shape index (κ2) is 8.56. The maximum absolute atomic E-state index is 12.7. The third kappa shape index (κ3) is 4.25. The van der Waals surface area contributed by atoms with Crippen LogP contribution in [0.3, 0.4) is 0 Å². The zero-order valence-electron chi connectivity index (χ0n) is 15.3. The Hall–Kier alpha value is -2.76. The molecule has 0 atom stereocenters. The van der Waals surface area contributed by atoms with E-state index in [-0.39, 0.29) is 12.7 Å². The van der Waals surface area contributed by atoms with Crippen molar-refractivity contribution in [1.29, 1.82) is 0 Å². The van der Waals surface area contributed by atoms with Gasteiger partial charge in [0.1, 0.15) is 0 Å². The van der Waals surface area contributed by atoms with E-state index in [1.54, 1.807) is 12.4 Å². The van der Waals surface area contributed by atoms with Gasteiger partial charge in [0.05, 0.1) is 11.3 Å². The van der Waals surface area contributed by atoms with Gasteiger partial charge in [-0.1, -0.05) is 19.9 Å². The first-order chi connectivity index (χ1) is 12.7. The summed E-state index contributed by atoms with van der Waals surface area (Å²) in [6.07, 6.45) is 5.25. The SMILES string of the molecule is CCCN(CCC)C(=O)c1cncc(NCc2ccc3c(c2)OCO3)c1. The van der Waals surface area contributed by atoms with Gasteiger partial charge < -0.3 is 19.7 Å². The lowest BCUT2D eigenvalue weighted by molar-refractivity contribution is 0.0755. The molecule has 0 saturated carbocycles. The minimum absolute atomic E-state index is 0.0351. The normalized spacial score (nSPS) is 12.1. The molecule has 3 rings (SSSR count). The number of amides is 1. The molecule has 138 valence electrons. The maximum Gasteiger partial charge on any atom is 0.255 e. The Bertz CT molecular complexity index is 758. The molecule has 0 spiro atoms. The molecular formula is C20H25N3O3. The van der Waals surface area contributed by atoms with E-state index in [1.165, 1.54) is 0 Å². The van der Waals surface area contributed by atoms with Crippen LogP contribution < -0.4 is 14.8 Å². The number of hydrogen-bond donors (Lipinski definition) is 1. The number of carbonyl (C=O) groups is 1. The molecule has 0 fully saturated rings. The molecule has 2 aromatic rings. The van der Waals surface area contributed by atoms with Crippen molar-refractivity contribution < 1.29 is 14.3 Å². The number of nitrogens with one attached hydrogen (secondary N) is 1. The monoisotopic (exact) mass is 355 g/mol. The van der Waals surface area contributed by atoms with Crippen LogP contribution in [-0.2, 0) is 6.54 Å². The minimum atomic E-state index is 0.0351. The first-order valence-corrected chi connectivity index (χ1v) is 9.08. The number of ether oxygens (including phenoxy) is 2. The van der Waals surface area contributed by atoms with Crippen molar-refractivity contribution in [1.82, 2.24) is 9.88 Å².